The molecule has 1 aromatic carbocycles. The topological polar surface area (TPSA) is 105 Å². The predicted molar refractivity (Wildman–Crippen MR) is 78.0 cm³/mol. The van der Waals surface area contributed by atoms with Gasteiger partial charge in [-0.25, -0.2) is 5.43 Å². The summed E-state index contributed by atoms with van der Waals surface area (Å²) in [6, 6.07) is 5.01. The second-order valence-corrected chi connectivity index (χ2v) is 4.59. The zero-order valence-electron chi connectivity index (χ0n) is 11.2. The molecule has 112 valence electrons. The van der Waals surface area contributed by atoms with Gasteiger partial charge in [-0.1, -0.05) is 13.8 Å². The Balaban J connectivity index is 0.00000361. The molecule has 0 spiro atoms. The molecule has 0 saturated heterocycles. The summed E-state index contributed by atoms with van der Waals surface area (Å²) < 4.78 is 0. The smallest absolute Gasteiger partial charge is 0.322 e. The van der Waals surface area contributed by atoms with Gasteiger partial charge in [0.05, 0.1) is 4.92 Å². The monoisotopic (exact) mass is 303 g/mol. The lowest BCUT2D eigenvalue weighted by molar-refractivity contribution is -0.384. The van der Waals surface area contributed by atoms with Crippen LogP contribution >= 0.6 is 12.4 Å². The standard InChI is InChI=1S/C12H17N3O4.ClH/c1-8(2)7-11(12(16)17)14-13-9-3-5-10(6-4-9)15(18)19;/h3-6,8,11,13-14H,7H2,1-2H3,(H,16,17);1H/t11-;/m0./s1. The molecule has 0 heterocycles. The first kappa shape index (κ1) is 18.1. The van der Waals surface area contributed by atoms with Crippen molar-refractivity contribution in [2.45, 2.75) is 26.3 Å². The molecule has 0 fully saturated rings. The molecule has 1 aromatic rings. The quantitative estimate of drug-likeness (QED) is 0.528. The average molecular weight is 304 g/mol. The number of anilines is 1. The number of carbonyl (C=O) groups is 1. The van der Waals surface area contributed by atoms with Gasteiger partial charge in [-0.2, -0.15) is 0 Å². The molecule has 1 rings (SSSR count). The molecule has 8 heteroatoms. The molecule has 3 N–H and O–H groups in total. The van der Waals surface area contributed by atoms with Crippen LogP contribution in [0, 0.1) is 16.0 Å². The van der Waals surface area contributed by atoms with E-state index in [1.807, 2.05) is 13.8 Å². The summed E-state index contributed by atoms with van der Waals surface area (Å²) in [7, 11) is 0. The van der Waals surface area contributed by atoms with Gasteiger partial charge in [0, 0.05) is 17.8 Å². The molecule has 1 atom stereocenters. The maximum Gasteiger partial charge on any atom is 0.322 e. The lowest BCUT2D eigenvalue weighted by Crippen LogP contribution is -2.41. The zero-order valence-corrected chi connectivity index (χ0v) is 12.0. The first-order valence-electron chi connectivity index (χ1n) is 5.89. The number of hydrogen-bond donors (Lipinski definition) is 3. The highest BCUT2D eigenvalue weighted by Crippen LogP contribution is 2.15. The van der Waals surface area contributed by atoms with Crippen LogP contribution in [0.4, 0.5) is 11.4 Å². The Bertz CT molecular complexity index is 451. The summed E-state index contributed by atoms with van der Waals surface area (Å²) >= 11 is 0. The average Bonchev–Trinajstić information content (AvgIpc) is 2.34. The van der Waals surface area contributed by atoms with Crippen LogP contribution in [0.3, 0.4) is 0 Å². The van der Waals surface area contributed by atoms with E-state index < -0.39 is 16.9 Å². The zero-order chi connectivity index (χ0) is 14.4. The summed E-state index contributed by atoms with van der Waals surface area (Å²) in [6.07, 6.45) is 0.481. The molecule has 0 aliphatic carbocycles. The molecule has 0 bridgehead atoms. The Kier molecular flexibility index (Phi) is 7.56. The number of aliphatic carboxylic acids is 1. The van der Waals surface area contributed by atoms with E-state index in [9.17, 15) is 14.9 Å². The van der Waals surface area contributed by atoms with Gasteiger partial charge in [0.2, 0.25) is 0 Å². The summed E-state index contributed by atoms with van der Waals surface area (Å²) in [4.78, 5) is 21.0. The van der Waals surface area contributed by atoms with Gasteiger partial charge < -0.3 is 10.5 Å². The fourth-order valence-corrected chi connectivity index (χ4v) is 1.53. The number of benzene rings is 1. The Morgan fingerprint density at radius 2 is 1.90 bits per heavy atom. The largest absolute Gasteiger partial charge is 0.480 e. The van der Waals surface area contributed by atoms with E-state index in [2.05, 4.69) is 10.9 Å². The summed E-state index contributed by atoms with van der Waals surface area (Å²) in [5.74, 6) is -0.699. The third-order valence-electron chi connectivity index (χ3n) is 2.47. The van der Waals surface area contributed by atoms with Crippen molar-refractivity contribution in [3.8, 4) is 0 Å². The molecule has 0 saturated carbocycles. The number of halogens is 1. The second kappa shape index (κ2) is 8.34. The highest BCUT2D eigenvalue weighted by molar-refractivity contribution is 5.85. The van der Waals surface area contributed by atoms with Crippen LogP contribution in [-0.4, -0.2) is 22.0 Å². The van der Waals surface area contributed by atoms with E-state index in [1.165, 1.54) is 24.3 Å². The number of nitro groups is 1. The van der Waals surface area contributed by atoms with Crippen molar-refractivity contribution in [2.24, 2.45) is 5.92 Å². The van der Waals surface area contributed by atoms with E-state index in [0.717, 1.165) is 0 Å². The van der Waals surface area contributed by atoms with E-state index in [4.69, 9.17) is 5.11 Å². The number of nitrogens with one attached hydrogen (secondary N) is 2. The van der Waals surface area contributed by atoms with Crippen molar-refractivity contribution < 1.29 is 14.8 Å². The Morgan fingerprint density at radius 1 is 1.35 bits per heavy atom. The summed E-state index contributed by atoms with van der Waals surface area (Å²) in [5.41, 5.74) is 6.00. The number of carboxylic acids is 1. The minimum atomic E-state index is -0.942. The highest BCUT2D eigenvalue weighted by atomic mass is 35.5. The number of nitro benzene ring substituents is 1. The fourth-order valence-electron chi connectivity index (χ4n) is 1.53. The van der Waals surface area contributed by atoms with Crippen LogP contribution < -0.4 is 10.9 Å². The lowest BCUT2D eigenvalue weighted by atomic mass is 10.0. The van der Waals surface area contributed by atoms with Crippen molar-refractivity contribution in [1.29, 1.82) is 0 Å². The van der Waals surface area contributed by atoms with Crippen LogP contribution in [-0.2, 0) is 4.79 Å². The summed E-state index contributed by atoms with van der Waals surface area (Å²) in [5, 5.41) is 19.5. The minimum absolute atomic E-state index is 0. The molecule has 0 radical (unpaired) electrons. The van der Waals surface area contributed by atoms with Crippen molar-refractivity contribution in [2.75, 3.05) is 5.43 Å². The first-order valence-corrected chi connectivity index (χ1v) is 5.89. The molecule has 20 heavy (non-hydrogen) atoms. The van der Waals surface area contributed by atoms with Gasteiger partial charge in [0.25, 0.3) is 5.69 Å². The molecule has 0 aliphatic rings. The first-order chi connectivity index (χ1) is 8.90. The van der Waals surface area contributed by atoms with Gasteiger partial charge in [0.1, 0.15) is 6.04 Å². The number of nitrogens with zero attached hydrogens (tertiary/aromatic N) is 1. The number of carboxylic acid groups (broad SMARTS) is 1. The third kappa shape index (κ3) is 5.85. The van der Waals surface area contributed by atoms with Gasteiger partial charge in [0.15, 0.2) is 0 Å². The molecule has 0 aromatic heterocycles. The predicted octanol–water partition coefficient (Wildman–Crippen LogP) is 2.43. The van der Waals surface area contributed by atoms with E-state index in [-0.39, 0.29) is 24.0 Å². The van der Waals surface area contributed by atoms with Crippen LogP contribution in [0.15, 0.2) is 24.3 Å². The molecule has 0 unspecified atom stereocenters. The lowest BCUT2D eigenvalue weighted by Gasteiger charge is -2.17. The highest BCUT2D eigenvalue weighted by Gasteiger charge is 2.18. The number of hydrazine groups is 1. The minimum Gasteiger partial charge on any atom is -0.480 e. The number of hydrogen-bond acceptors (Lipinski definition) is 5. The van der Waals surface area contributed by atoms with Crippen LogP contribution in [0.25, 0.3) is 0 Å². The Morgan fingerprint density at radius 3 is 2.30 bits per heavy atom. The van der Waals surface area contributed by atoms with E-state index in [1.54, 1.807) is 0 Å². The van der Waals surface area contributed by atoms with E-state index in [0.29, 0.717) is 12.1 Å². The van der Waals surface area contributed by atoms with Crippen molar-refractivity contribution in [1.82, 2.24) is 5.43 Å². The maximum absolute atomic E-state index is 11.0. The number of non-ortho nitro benzene ring substituents is 1. The normalized spacial score (nSPS) is 11.6. The van der Waals surface area contributed by atoms with Crippen molar-refractivity contribution >= 4 is 29.8 Å². The maximum atomic E-state index is 11.0. The molecule has 0 amide bonds. The summed E-state index contributed by atoms with van der Waals surface area (Å²) in [6.45, 7) is 3.87. The second-order valence-electron chi connectivity index (χ2n) is 4.59. The SMILES string of the molecule is CC(C)C[C@H](NNc1ccc([N+](=O)[O-])cc1)C(=O)O.Cl. The van der Waals surface area contributed by atoms with Crippen LogP contribution in [0.1, 0.15) is 20.3 Å². The molecule has 7 nitrogen and oxygen atoms in total. The van der Waals surface area contributed by atoms with Gasteiger partial charge >= 0.3 is 5.97 Å². The third-order valence-corrected chi connectivity index (χ3v) is 2.47. The molecular formula is C12H18ClN3O4. The molecular weight excluding hydrogens is 286 g/mol. The molecule has 0 aliphatic heterocycles. The van der Waals surface area contributed by atoms with Gasteiger partial charge in [-0.05, 0) is 24.5 Å². The number of rotatable bonds is 7. The van der Waals surface area contributed by atoms with Gasteiger partial charge in [-0.15, -0.1) is 12.4 Å². The van der Waals surface area contributed by atoms with E-state index >= 15 is 0 Å². The van der Waals surface area contributed by atoms with Crippen molar-refractivity contribution in [3.63, 3.8) is 0 Å². The Labute approximate surface area is 122 Å². The Hall–Kier alpha value is -1.86. The van der Waals surface area contributed by atoms with Crippen LogP contribution in [0.5, 0.6) is 0 Å². The van der Waals surface area contributed by atoms with Crippen LogP contribution in [0.2, 0.25) is 0 Å². The van der Waals surface area contributed by atoms with Crippen molar-refractivity contribution in [3.05, 3.63) is 34.4 Å². The fraction of sp³-hybridized carbons (Fsp3) is 0.417. The van der Waals surface area contributed by atoms with Gasteiger partial charge in [-0.3, -0.25) is 14.9 Å².